The molecule has 1 heterocycles. The Morgan fingerprint density at radius 3 is 2.42 bits per heavy atom. The molecule has 1 aromatic rings. The molecule has 0 spiro atoms. The van der Waals surface area contributed by atoms with E-state index in [9.17, 15) is 0 Å². The van der Waals surface area contributed by atoms with E-state index in [0.29, 0.717) is 17.9 Å². The topological polar surface area (TPSA) is 62.9 Å². The average molecular weight is 332 g/mol. The Labute approximate surface area is 146 Å². The molecule has 134 valence electrons. The molecule has 1 unspecified atom stereocenters. The van der Waals surface area contributed by atoms with Crippen molar-refractivity contribution in [3.8, 4) is 0 Å². The second kappa shape index (κ2) is 9.04. The molecule has 0 amide bonds. The first-order valence-corrected chi connectivity index (χ1v) is 8.91. The van der Waals surface area contributed by atoms with Crippen LogP contribution in [-0.4, -0.2) is 49.7 Å². The van der Waals surface area contributed by atoms with E-state index in [1.807, 2.05) is 0 Å². The molecule has 1 fully saturated rings. The number of rotatable bonds is 6. The van der Waals surface area contributed by atoms with Gasteiger partial charge in [0.1, 0.15) is 0 Å². The number of hydrogen-bond donors (Lipinski definition) is 2. The highest BCUT2D eigenvalue weighted by Gasteiger charge is 2.21. The Hall–Kier alpha value is -1.59. The van der Waals surface area contributed by atoms with E-state index < -0.39 is 0 Å². The van der Waals surface area contributed by atoms with Crippen LogP contribution in [0.2, 0.25) is 0 Å². The Morgan fingerprint density at radius 2 is 1.83 bits per heavy atom. The first-order chi connectivity index (χ1) is 11.4. The third-order valence-corrected chi connectivity index (χ3v) is 4.27. The Kier molecular flexibility index (Phi) is 7.06. The van der Waals surface area contributed by atoms with E-state index >= 15 is 0 Å². The highest BCUT2D eigenvalue weighted by atomic mass is 16.5. The van der Waals surface area contributed by atoms with E-state index in [4.69, 9.17) is 10.5 Å². The van der Waals surface area contributed by atoms with Crippen LogP contribution in [0.1, 0.15) is 31.4 Å². The van der Waals surface area contributed by atoms with Crippen molar-refractivity contribution in [1.29, 1.82) is 0 Å². The molecule has 24 heavy (non-hydrogen) atoms. The van der Waals surface area contributed by atoms with Crippen molar-refractivity contribution < 1.29 is 4.74 Å². The SMILES string of the molecule is Cc1cc(C)cc(NC(N)=NCC(CC(C)C)N2CCOCC2)c1. The van der Waals surface area contributed by atoms with Crippen molar-refractivity contribution in [2.75, 3.05) is 38.2 Å². The van der Waals surface area contributed by atoms with Crippen LogP contribution >= 0.6 is 0 Å². The van der Waals surface area contributed by atoms with Crippen LogP contribution in [0.3, 0.4) is 0 Å². The monoisotopic (exact) mass is 332 g/mol. The number of aryl methyl sites for hydroxylation is 2. The number of guanidine groups is 1. The van der Waals surface area contributed by atoms with Crippen molar-refractivity contribution in [1.82, 2.24) is 4.90 Å². The minimum Gasteiger partial charge on any atom is -0.379 e. The predicted molar refractivity (Wildman–Crippen MR) is 102 cm³/mol. The first-order valence-electron chi connectivity index (χ1n) is 8.91. The van der Waals surface area contributed by atoms with Gasteiger partial charge in [-0.05, 0) is 49.4 Å². The molecule has 0 saturated carbocycles. The van der Waals surface area contributed by atoms with Gasteiger partial charge in [-0.1, -0.05) is 19.9 Å². The van der Waals surface area contributed by atoms with Gasteiger partial charge in [0.2, 0.25) is 0 Å². The lowest BCUT2D eigenvalue weighted by Crippen LogP contribution is -2.45. The van der Waals surface area contributed by atoms with Crippen LogP contribution in [0.15, 0.2) is 23.2 Å². The summed E-state index contributed by atoms with van der Waals surface area (Å²) in [7, 11) is 0. The van der Waals surface area contributed by atoms with Gasteiger partial charge in [-0.3, -0.25) is 9.89 Å². The summed E-state index contributed by atoms with van der Waals surface area (Å²) >= 11 is 0. The van der Waals surface area contributed by atoms with E-state index in [-0.39, 0.29) is 0 Å². The number of aliphatic imine (C=N–C) groups is 1. The number of nitrogens with one attached hydrogen (secondary N) is 1. The van der Waals surface area contributed by atoms with Crippen molar-refractivity contribution in [3.05, 3.63) is 29.3 Å². The number of hydrogen-bond acceptors (Lipinski definition) is 3. The van der Waals surface area contributed by atoms with Gasteiger partial charge < -0.3 is 15.8 Å². The van der Waals surface area contributed by atoms with Crippen LogP contribution in [0.5, 0.6) is 0 Å². The molecular weight excluding hydrogens is 300 g/mol. The van der Waals surface area contributed by atoms with E-state index in [1.54, 1.807) is 0 Å². The Morgan fingerprint density at radius 1 is 1.21 bits per heavy atom. The normalized spacial score (nSPS) is 18.0. The van der Waals surface area contributed by atoms with Gasteiger partial charge in [0.25, 0.3) is 0 Å². The van der Waals surface area contributed by atoms with Crippen molar-refractivity contribution in [2.24, 2.45) is 16.6 Å². The van der Waals surface area contributed by atoms with Crippen molar-refractivity contribution in [3.63, 3.8) is 0 Å². The Bertz CT molecular complexity index is 530. The lowest BCUT2D eigenvalue weighted by atomic mass is 10.0. The summed E-state index contributed by atoms with van der Waals surface area (Å²) in [6.45, 7) is 13.0. The summed E-state index contributed by atoms with van der Waals surface area (Å²) in [5.74, 6) is 1.13. The van der Waals surface area contributed by atoms with Gasteiger partial charge in [0.05, 0.1) is 19.8 Å². The van der Waals surface area contributed by atoms with Crippen molar-refractivity contribution in [2.45, 2.75) is 40.2 Å². The van der Waals surface area contributed by atoms with Crippen LogP contribution in [-0.2, 0) is 4.74 Å². The third kappa shape index (κ3) is 6.13. The fraction of sp³-hybridized carbons (Fsp3) is 0.632. The summed E-state index contributed by atoms with van der Waals surface area (Å²) in [5.41, 5.74) is 9.55. The Balaban J connectivity index is 1.98. The van der Waals surface area contributed by atoms with Crippen LogP contribution in [0, 0.1) is 19.8 Å². The molecule has 3 N–H and O–H groups in total. The largest absolute Gasteiger partial charge is 0.379 e. The average Bonchev–Trinajstić information content (AvgIpc) is 2.51. The van der Waals surface area contributed by atoms with Gasteiger partial charge in [0.15, 0.2) is 5.96 Å². The minimum absolute atomic E-state index is 0.425. The maximum absolute atomic E-state index is 6.11. The highest BCUT2D eigenvalue weighted by Crippen LogP contribution is 2.15. The van der Waals surface area contributed by atoms with Crippen molar-refractivity contribution >= 4 is 11.6 Å². The van der Waals surface area contributed by atoms with Gasteiger partial charge in [0, 0.05) is 24.8 Å². The van der Waals surface area contributed by atoms with Gasteiger partial charge in [-0.15, -0.1) is 0 Å². The smallest absolute Gasteiger partial charge is 0.193 e. The van der Waals surface area contributed by atoms with Crippen LogP contribution in [0.4, 0.5) is 5.69 Å². The molecule has 1 atom stereocenters. The fourth-order valence-electron chi connectivity index (χ4n) is 3.26. The summed E-state index contributed by atoms with van der Waals surface area (Å²) in [6, 6.07) is 6.75. The molecule has 1 saturated heterocycles. The van der Waals surface area contributed by atoms with Gasteiger partial charge in [-0.25, -0.2) is 0 Å². The minimum atomic E-state index is 0.425. The zero-order valence-electron chi connectivity index (χ0n) is 15.5. The van der Waals surface area contributed by atoms with Crippen LogP contribution < -0.4 is 11.1 Å². The number of benzene rings is 1. The lowest BCUT2D eigenvalue weighted by molar-refractivity contribution is 0.0143. The molecule has 5 nitrogen and oxygen atoms in total. The molecule has 0 bridgehead atoms. The maximum atomic E-state index is 6.11. The third-order valence-electron chi connectivity index (χ3n) is 4.27. The molecule has 5 heteroatoms. The maximum Gasteiger partial charge on any atom is 0.193 e. The summed E-state index contributed by atoms with van der Waals surface area (Å²) < 4.78 is 5.47. The molecular formula is C19H32N4O. The van der Waals surface area contributed by atoms with E-state index in [2.05, 4.69) is 61.1 Å². The quantitative estimate of drug-likeness (QED) is 0.621. The number of anilines is 1. The predicted octanol–water partition coefficient (Wildman–Crippen LogP) is 2.78. The molecule has 2 rings (SSSR count). The zero-order valence-corrected chi connectivity index (χ0v) is 15.5. The van der Waals surface area contributed by atoms with Gasteiger partial charge >= 0.3 is 0 Å². The number of nitrogens with two attached hydrogens (primary N) is 1. The standard InChI is InChI=1S/C19H32N4O/c1-14(2)9-18(23-5-7-24-8-6-23)13-21-19(20)22-17-11-15(3)10-16(4)12-17/h10-12,14,18H,5-9,13H2,1-4H3,(H3,20,21,22). The van der Waals surface area contributed by atoms with Crippen LogP contribution in [0.25, 0.3) is 0 Å². The summed E-state index contributed by atoms with van der Waals surface area (Å²) in [5, 5.41) is 3.22. The summed E-state index contributed by atoms with van der Waals surface area (Å²) in [4.78, 5) is 7.09. The molecule has 0 aromatic heterocycles. The lowest BCUT2D eigenvalue weighted by Gasteiger charge is -2.34. The zero-order chi connectivity index (χ0) is 17.5. The number of nitrogens with zero attached hydrogens (tertiary/aromatic N) is 2. The second-order valence-corrected chi connectivity index (χ2v) is 7.16. The van der Waals surface area contributed by atoms with E-state index in [1.165, 1.54) is 11.1 Å². The molecule has 0 radical (unpaired) electrons. The van der Waals surface area contributed by atoms with Gasteiger partial charge in [-0.2, -0.15) is 0 Å². The molecule has 1 aliphatic rings. The molecule has 1 aliphatic heterocycles. The highest BCUT2D eigenvalue weighted by molar-refractivity contribution is 5.92. The molecule has 1 aromatic carbocycles. The number of morpholine rings is 1. The fourth-order valence-corrected chi connectivity index (χ4v) is 3.26. The number of ether oxygens (including phenoxy) is 1. The first kappa shape index (κ1) is 18.7. The summed E-state index contributed by atoms with van der Waals surface area (Å²) in [6.07, 6.45) is 1.13. The molecule has 0 aliphatic carbocycles. The van der Waals surface area contributed by atoms with E-state index in [0.717, 1.165) is 45.0 Å². The second-order valence-electron chi connectivity index (χ2n) is 7.16.